The summed E-state index contributed by atoms with van der Waals surface area (Å²) in [5.41, 5.74) is 11.6. The van der Waals surface area contributed by atoms with Gasteiger partial charge in [-0.1, -0.05) is 140 Å². The first kappa shape index (κ1) is 34.6. The molecule has 0 saturated carbocycles. The Morgan fingerprint density at radius 2 is 1.02 bits per heavy atom. The number of aliphatic imine (C=N–C) groups is 2. The average molecular weight is 796 g/mol. The van der Waals surface area contributed by atoms with Gasteiger partial charge in [0.2, 0.25) is 0 Å². The smallest absolute Gasteiger partial charge is 0.159 e. The van der Waals surface area contributed by atoms with Crippen molar-refractivity contribution in [1.29, 1.82) is 0 Å². The second-order valence-electron chi connectivity index (χ2n) is 16.2. The zero-order chi connectivity index (χ0) is 40.9. The van der Waals surface area contributed by atoms with E-state index >= 15 is 0 Å². The summed E-state index contributed by atoms with van der Waals surface area (Å²) < 4.78 is 11.3. The van der Waals surface area contributed by atoms with Gasteiger partial charge in [0, 0.05) is 61.9 Å². The third-order valence-electron chi connectivity index (χ3n) is 12.7. The van der Waals surface area contributed by atoms with Crippen LogP contribution in [0, 0.1) is 0 Å². The number of rotatable bonds is 5. The summed E-state index contributed by atoms with van der Waals surface area (Å²) >= 11 is 0. The van der Waals surface area contributed by atoms with Gasteiger partial charge in [-0.3, -0.25) is 0 Å². The fraction of sp³-hybridized carbons (Fsp3) is 0.0357. The number of benzene rings is 9. The lowest BCUT2D eigenvalue weighted by Crippen LogP contribution is -2.35. The fourth-order valence-corrected chi connectivity index (χ4v) is 9.86. The van der Waals surface area contributed by atoms with E-state index in [1.807, 2.05) is 6.07 Å². The SMILES string of the molecule is CN1C(c2ccccc2)=NC(c2cccc(-n3c4ccccc4c4ccc5c6ccccc6n(-c6ccccc6)c5c43)c2)=NC1c1ccc2oc3cc4ccccc4cc3c2c1. The molecule has 6 heteroatoms. The molecule has 9 aromatic carbocycles. The molecule has 0 amide bonds. The monoisotopic (exact) mass is 795 g/mol. The van der Waals surface area contributed by atoms with Gasteiger partial charge in [0.25, 0.3) is 0 Å². The van der Waals surface area contributed by atoms with Crippen LogP contribution in [0.1, 0.15) is 22.9 Å². The van der Waals surface area contributed by atoms with Gasteiger partial charge in [0.05, 0.1) is 22.1 Å². The number of hydrogen-bond donors (Lipinski definition) is 0. The van der Waals surface area contributed by atoms with Crippen LogP contribution in [0.5, 0.6) is 0 Å². The molecule has 12 aromatic rings. The molecule has 62 heavy (non-hydrogen) atoms. The van der Waals surface area contributed by atoms with Gasteiger partial charge in [0.15, 0.2) is 12.0 Å². The standard InChI is InChI=1S/C56H37N5O/c1-59-55(35-15-4-2-5-16-35)57-54(58-56(59)39-27-30-50-46(33-39)47-32-36-17-8-9-18-37(36)34-51(47)62-50)38-19-14-22-41(31-38)61-49-26-13-11-24-43(49)45-29-28-44-42-23-10-12-25-48(42)60(52(44)53(45)61)40-20-6-3-7-21-40/h2-34,56H,1H3. The number of fused-ring (bicyclic) bond motifs is 11. The van der Waals surface area contributed by atoms with Crippen LogP contribution in [-0.4, -0.2) is 32.8 Å². The number of hydrogen-bond acceptors (Lipinski definition) is 4. The third kappa shape index (κ3) is 5.17. The van der Waals surface area contributed by atoms with E-state index < -0.39 is 0 Å². The quantitative estimate of drug-likeness (QED) is 0.174. The highest BCUT2D eigenvalue weighted by Crippen LogP contribution is 2.42. The number of nitrogens with zero attached hydrogens (tertiary/aromatic N) is 5. The molecule has 0 fully saturated rings. The van der Waals surface area contributed by atoms with Crippen LogP contribution in [0.15, 0.2) is 215 Å². The largest absolute Gasteiger partial charge is 0.456 e. The van der Waals surface area contributed by atoms with Crippen LogP contribution in [0.4, 0.5) is 0 Å². The van der Waals surface area contributed by atoms with Crippen molar-refractivity contribution in [2.75, 3.05) is 7.05 Å². The van der Waals surface area contributed by atoms with Gasteiger partial charge in [0.1, 0.15) is 17.0 Å². The Bertz CT molecular complexity index is 3830. The minimum atomic E-state index is -0.342. The molecule has 4 heterocycles. The maximum atomic E-state index is 6.42. The highest BCUT2D eigenvalue weighted by atomic mass is 16.3. The van der Waals surface area contributed by atoms with Crippen LogP contribution < -0.4 is 0 Å². The molecule has 1 aliphatic rings. The first-order valence-electron chi connectivity index (χ1n) is 21.1. The van der Waals surface area contributed by atoms with E-state index in [1.54, 1.807) is 0 Å². The summed E-state index contributed by atoms with van der Waals surface area (Å²) in [6, 6.07) is 71.3. The zero-order valence-electron chi connectivity index (χ0n) is 33.8. The minimum Gasteiger partial charge on any atom is -0.456 e. The molecule has 6 nitrogen and oxygen atoms in total. The molecule has 0 aliphatic carbocycles. The molecule has 1 aliphatic heterocycles. The summed E-state index contributed by atoms with van der Waals surface area (Å²) in [6.45, 7) is 0. The van der Waals surface area contributed by atoms with Crippen LogP contribution in [-0.2, 0) is 0 Å². The topological polar surface area (TPSA) is 51.0 Å². The van der Waals surface area contributed by atoms with Gasteiger partial charge >= 0.3 is 0 Å². The number of aromatic nitrogens is 2. The van der Waals surface area contributed by atoms with Crippen molar-refractivity contribution in [3.8, 4) is 11.4 Å². The summed E-state index contributed by atoms with van der Waals surface area (Å²) in [5, 5.41) is 9.37. The molecule has 0 N–H and O–H groups in total. The van der Waals surface area contributed by atoms with Gasteiger partial charge in [-0.2, -0.15) is 0 Å². The first-order valence-corrected chi connectivity index (χ1v) is 21.1. The molecule has 0 saturated heterocycles. The lowest BCUT2D eigenvalue weighted by atomic mass is 10.0. The molecule has 1 atom stereocenters. The van der Waals surface area contributed by atoms with Crippen LogP contribution >= 0.6 is 0 Å². The van der Waals surface area contributed by atoms with E-state index in [9.17, 15) is 0 Å². The predicted octanol–water partition coefficient (Wildman–Crippen LogP) is 13.8. The summed E-state index contributed by atoms with van der Waals surface area (Å²) in [6.07, 6.45) is -0.342. The lowest BCUT2D eigenvalue weighted by molar-refractivity contribution is 0.383. The molecular formula is C56H37N5O. The van der Waals surface area contributed by atoms with Crippen molar-refractivity contribution in [2.45, 2.75) is 6.17 Å². The van der Waals surface area contributed by atoms with E-state index in [0.29, 0.717) is 5.84 Å². The van der Waals surface area contributed by atoms with E-state index in [0.717, 1.165) is 72.3 Å². The number of para-hydroxylation sites is 3. The highest BCUT2D eigenvalue weighted by Gasteiger charge is 2.28. The van der Waals surface area contributed by atoms with Crippen LogP contribution in [0.2, 0.25) is 0 Å². The van der Waals surface area contributed by atoms with Crippen molar-refractivity contribution in [3.05, 3.63) is 217 Å². The summed E-state index contributed by atoms with van der Waals surface area (Å²) in [5.74, 6) is 1.54. The molecule has 3 aromatic heterocycles. The van der Waals surface area contributed by atoms with Gasteiger partial charge in [-0.15, -0.1) is 0 Å². The third-order valence-corrected chi connectivity index (χ3v) is 12.7. The maximum Gasteiger partial charge on any atom is 0.159 e. The van der Waals surface area contributed by atoms with E-state index in [-0.39, 0.29) is 6.17 Å². The molecule has 292 valence electrons. The normalized spacial score (nSPS) is 14.5. The van der Waals surface area contributed by atoms with Crippen molar-refractivity contribution >= 4 is 88.0 Å². The van der Waals surface area contributed by atoms with E-state index in [2.05, 4.69) is 215 Å². The zero-order valence-corrected chi connectivity index (χ0v) is 33.8. The van der Waals surface area contributed by atoms with E-state index in [4.69, 9.17) is 14.4 Å². The molecule has 0 spiro atoms. The van der Waals surface area contributed by atoms with Crippen LogP contribution in [0.3, 0.4) is 0 Å². The Morgan fingerprint density at radius 3 is 1.74 bits per heavy atom. The first-order chi connectivity index (χ1) is 30.7. The summed E-state index contributed by atoms with van der Waals surface area (Å²) in [7, 11) is 2.09. The van der Waals surface area contributed by atoms with Crippen LogP contribution in [0.25, 0.3) is 87.7 Å². The Balaban J connectivity index is 1.03. The minimum absolute atomic E-state index is 0.342. The lowest BCUT2D eigenvalue weighted by Gasteiger charge is -2.32. The van der Waals surface area contributed by atoms with Gasteiger partial charge in [-0.25, -0.2) is 9.98 Å². The van der Waals surface area contributed by atoms with Crippen molar-refractivity contribution in [1.82, 2.24) is 14.0 Å². The number of amidine groups is 2. The van der Waals surface area contributed by atoms with Gasteiger partial charge in [-0.05, 0) is 77.0 Å². The number of furan rings is 1. The van der Waals surface area contributed by atoms with E-state index in [1.165, 1.54) is 38.0 Å². The maximum absolute atomic E-state index is 6.42. The second-order valence-corrected chi connectivity index (χ2v) is 16.2. The van der Waals surface area contributed by atoms with Crippen molar-refractivity contribution in [2.24, 2.45) is 9.98 Å². The fourth-order valence-electron chi connectivity index (χ4n) is 9.86. The highest BCUT2D eigenvalue weighted by molar-refractivity contribution is 6.24. The van der Waals surface area contributed by atoms with Crippen molar-refractivity contribution < 1.29 is 4.42 Å². The molecule has 0 radical (unpaired) electrons. The molecule has 13 rings (SSSR count). The Hall–Kier alpha value is -8.22. The predicted molar refractivity (Wildman–Crippen MR) is 256 cm³/mol. The molecule has 0 bridgehead atoms. The Kier molecular flexibility index (Phi) is 7.48. The van der Waals surface area contributed by atoms with Gasteiger partial charge < -0.3 is 18.5 Å². The Morgan fingerprint density at radius 1 is 0.435 bits per heavy atom. The average Bonchev–Trinajstić information content (AvgIpc) is 3.98. The summed E-state index contributed by atoms with van der Waals surface area (Å²) in [4.78, 5) is 13.0. The molecular weight excluding hydrogens is 759 g/mol. The second kappa shape index (κ2) is 13.4. The molecule has 1 unspecified atom stereocenters. The van der Waals surface area contributed by atoms with Crippen molar-refractivity contribution in [3.63, 3.8) is 0 Å². The Labute approximate surface area is 356 Å².